The fraction of sp³-hybridized carbons (Fsp3) is 0.188. The quantitative estimate of drug-likeness (QED) is 0.806. The Balaban J connectivity index is 2.16. The molecule has 0 radical (unpaired) electrons. The van der Waals surface area contributed by atoms with Crippen LogP contribution >= 0.6 is 22.6 Å². The van der Waals surface area contributed by atoms with Gasteiger partial charge in [-0.1, -0.05) is 18.2 Å². The lowest BCUT2D eigenvalue weighted by atomic mass is 10.1. The molecule has 21 heavy (non-hydrogen) atoms. The molecule has 1 N–H and O–H groups in total. The Morgan fingerprint density at radius 2 is 2.00 bits per heavy atom. The average Bonchev–Trinajstić information content (AvgIpc) is 2.49. The normalized spacial score (nSPS) is 10.2. The minimum absolute atomic E-state index is 0.0351. The first-order valence-corrected chi connectivity index (χ1v) is 7.46. The van der Waals surface area contributed by atoms with E-state index in [4.69, 9.17) is 4.74 Å². The van der Waals surface area contributed by atoms with Crippen LogP contribution in [0.3, 0.4) is 0 Å². The largest absolute Gasteiger partial charge is 0.504 e. The Morgan fingerprint density at radius 1 is 1.29 bits per heavy atom. The summed E-state index contributed by atoms with van der Waals surface area (Å²) in [6.07, 6.45) is 0. The zero-order chi connectivity index (χ0) is 15.4. The van der Waals surface area contributed by atoms with Gasteiger partial charge in [0, 0.05) is 17.2 Å². The summed E-state index contributed by atoms with van der Waals surface area (Å²) in [6.45, 7) is 0.445. The van der Waals surface area contributed by atoms with Crippen LogP contribution in [-0.4, -0.2) is 30.1 Å². The lowest BCUT2D eigenvalue weighted by Gasteiger charge is -2.18. The van der Waals surface area contributed by atoms with Crippen molar-refractivity contribution in [3.05, 3.63) is 57.2 Å². The topological polar surface area (TPSA) is 49.8 Å². The first kappa shape index (κ1) is 15.6. The van der Waals surface area contributed by atoms with Crippen LogP contribution in [0.4, 0.5) is 0 Å². The second kappa shape index (κ2) is 6.80. The number of carbonyl (C=O) groups excluding carboxylic acids is 1. The summed E-state index contributed by atoms with van der Waals surface area (Å²) in [6, 6.07) is 12.6. The fourth-order valence-corrected chi connectivity index (χ4v) is 2.62. The van der Waals surface area contributed by atoms with Crippen LogP contribution in [0.25, 0.3) is 0 Å². The highest BCUT2D eigenvalue weighted by Crippen LogP contribution is 2.27. The van der Waals surface area contributed by atoms with Gasteiger partial charge in [-0.05, 0) is 52.4 Å². The number of amides is 1. The van der Waals surface area contributed by atoms with Crippen molar-refractivity contribution in [2.75, 3.05) is 14.2 Å². The summed E-state index contributed by atoms with van der Waals surface area (Å²) in [5, 5.41) is 9.59. The fourth-order valence-electron chi connectivity index (χ4n) is 2.01. The van der Waals surface area contributed by atoms with Crippen LogP contribution in [0.2, 0.25) is 0 Å². The van der Waals surface area contributed by atoms with Gasteiger partial charge in [0.25, 0.3) is 5.91 Å². The average molecular weight is 397 g/mol. The number of nitrogens with zero attached hydrogens (tertiary/aromatic N) is 1. The molecule has 0 aliphatic carbocycles. The van der Waals surface area contributed by atoms with Crippen molar-refractivity contribution in [2.24, 2.45) is 0 Å². The number of aromatic hydroxyl groups is 1. The Morgan fingerprint density at radius 3 is 2.67 bits per heavy atom. The summed E-state index contributed by atoms with van der Waals surface area (Å²) >= 11 is 2.16. The molecule has 0 heterocycles. The monoisotopic (exact) mass is 397 g/mol. The number of carbonyl (C=O) groups is 1. The molecule has 0 saturated carbocycles. The number of ether oxygens (including phenoxy) is 1. The first-order valence-electron chi connectivity index (χ1n) is 6.39. The van der Waals surface area contributed by atoms with Gasteiger partial charge in [-0.3, -0.25) is 4.79 Å². The van der Waals surface area contributed by atoms with E-state index < -0.39 is 0 Å². The van der Waals surface area contributed by atoms with E-state index in [0.29, 0.717) is 17.9 Å². The molecule has 0 spiro atoms. The number of halogens is 1. The van der Waals surface area contributed by atoms with Gasteiger partial charge in [0.2, 0.25) is 0 Å². The summed E-state index contributed by atoms with van der Waals surface area (Å²) < 4.78 is 6.00. The molecular weight excluding hydrogens is 381 g/mol. The molecule has 5 heteroatoms. The van der Waals surface area contributed by atoms with E-state index >= 15 is 0 Å². The van der Waals surface area contributed by atoms with E-state index in [1.165, 1.54) is 7.11 Å². The first-order chi connectivity index (χ1) is 10.0. The molecule has 4 nitrogen and oxygen atoms in total. The van der Waals surface area contributed by atoms with Crippen molar-refractivity contribution in [2.45, 2.75) is 6.54 Å². The molecule has 0 aromatic heterocycles. The number of phenols is 1. The number of rotatable bonds is 4. The van der Waals surface area contributed by atoms with Crippen molar-refractivity contribution >= 4 is 28.5 Å². The lowest BCUT2D eigenvalue weighted by molar-refractivity contribution is 0.0784. The van der Waals surface area contributed by atoms with Crippen LogP contribution in [-0.2, 0) is 6.54 Å². The number of hydrogen-bond donors (Lipinski definition) is 1. The van der Waals surface area contributed by atoms with Crippen molar-refractivity contribution in [3.8, 4) is 11.5 Å². The van der Waals surface area contributed by atoms with Crippen LogP contribution in [0.15, 0.2) is 42.5 Å². The van der Waals surface area contributed by atoms with Gasteiger partial charge in [-0.25, -0.2) is 0 Å². The number of phenolic OH excluding ortho intramolecular Hbond substituents is 1. The minimum Gasteiger partial charge on any atom is -0.504 e. The Bertz CT molecular complexity index is 658. The predicted molar refractivity (Wildman–Crippen MR) is 89.6 cm³/mol. The molecule has 2 aromatic carbocycles. The molecule has 0 bridgehead atoms. The van der Waals surface area contributed by atoms with Gasteiger partial charge in [-0.15, -0.1) is 0 Å². The van der Waals surface area contributed by atoms with Gasteiger partial charge < -0.3 is 14.7 Å². The third-order valence-corrected chi connectivity index (χ3v) is 4.06. The van der Waals surface area contributed by atoms with E-state index in [-0.39, 0.29) is 11.7 Å². The van der Waals surface area contributed by atoms with Crippen LogP contribution in [0.5, 0.6) is 11.5 Å². The zero-order valence-electron chi connectivity index (χ0n) is 11.8. The van der Waals surface area contributed by atoms with Gasteiger partial charge in [0.1, 0.15) is 0 Å². The predicted octanol–water partition coefficient (Wildman–Crippen LogP) is 3.28. The smallest absolute Gasteiger partial charge is 0.254 e. The van der Waals surface area contributed by atoms with Crippen LogP contribution in [0, 0.1) is 3.57 Å². The van der Waals surface area contributed by atoms with Crippen LogP contribution in [0.1, 0.15) is 15.9 Å². The van der Waals surface area contributed by atoms with E-state index in [1.54, 1.807) is 30.1 Å². The zero-order valence-corrected chi connectivity index (χ0v) is 14.0. The van der Waals surface area contributed by atoms with Crippen molar-refractivity contribution in [3.63, 3.8) is 0 Å². The molecule has 1 amide bonds. The van der Waals surface area contributed by atoms with E-state index in [1.807, 2.05) is 24.3 Å². The van der Waals surface area contributed by atoms with Crippen molar-refractivity contribution in [1.82, 2.24) is 4.90 Å². The van der Waals surface area contributed by atoms with Gasteiger partial charge in [0.15, 0.2) is 11.5 Å². The number of hydrogen-bond acceptors (Lipinski definition) is 3. The molecule has 0 saturated heterocycles. The lowest BCUT2D eigenvalue weighted by Crippen LogP contribution is -2.26. The number of methoxy groups -OCH3 is 1. The Labute approximate surface area is 137 Å². The molecule has 110 valence electrons. The van der Waals surface area contributed by atoms with E-state index in [9.17, 15) is 9.90 Å². The van der Waals surface area contributed by atoms with E-state index in [0.717, 1.165) is 9.13 Å². The molecule has 0 fully saturated rings. The number of benzene rings is 2. The standard InChI is InChI=1S/C16H16INO3/c1-18(16(20)12-5-3-4-6-13(12)17)10-11-7-8-14(19)15(9-11)21-2/h3-9,19H,10H2,1-2H3. The molecule has 2 rings (SSSR count). The molecule has 0 aliphatic rings. The highest BCUT2D eigenvalue weighted by Gasteiger charge is 2.15. The van der Waals surface area contributed by atoms with E-state index in [2.05, 4.69) is 22.6 Å². The highest BCUT2D eigenvalue weighted by atomic mass is 127. The molecule has 0 unspecified atom stereocenters. The SMILES string of the molecule is COc1cc(CN(C)C(=O)c2ccccc2I)ccc1O. The molecule has 0 aliphatic heterocycles. The maximum Gasteiger partial charge on any atom is 0.254 e. The maximum atomic E-state index is 12.4. The minimum atomic E-state index is -0.0351. The van der Waals surface area contributed by atoms with Gasteiger partial charge >= 0.3 is 0 Å². The Kier molecular flexibility index (Phi) is 5.06. The second-order valence-corrected chi connectivity index (χ2v) is 5.81. The summed E-state index contributed by atoms with van der Waals surface area (Å²) in [7, 11) is 3.25. The summed E-state index contributed by atoms with van der Waals surface area (Å²) in [5.41, 5.74) is 1.58. The highest BCUT2D eigenvalue weighted by molar-refractivity contribution is 14.1. The summed E-state index contributed by atoms with van der Waals surface area (Å²) in [4.78, 5) is 14.1. The third-order valence-electron chi connectivity index (χ3n) is 3.11. The summed E-state index contributed by atoms with van der Waals surface area (Å²) in [5.74, 6) is 0.461. The second-order valence-electron chi connectivity index (χ2n) is 4.65. The van der Waals surface area contributed by atoms with Crippen LogP contribution < -0.4 is 4.74 Å². The van der Waals surface area contributed by atoms with Gasteiger partial charge in [0.05, 0.1) is 12.7 Å². The third kappa shape index (κ3) is 3.66. The van der Waals surface area contributed by atoms with Gasteiger partial charge in [-0.2, -0.15) is 0 Å². The molecule has 0 atom stereocenters. The maximum absolute atomic E-state index is 12.4. The Hall–Kier alpha value is -1.76. The van der Waals surface area contributed by atoms with Crippen molar-refractivity contribution in [1.29, 1.82) is 0 Å². The molecular formula is C16H16INO3. The molecule has 2 aromatic rings. The van der Waals surface area contributed by atoms with Crippen molar-refractivity contribution < 1.29 is 14.6 Å².